The second kappa shape index (κ2) is 4.63. The summed E-state index contributed by atoms with van der Waals surface area (Å²) in [7, 11) is 1.74. The van der Waals surface area contributed by atoms with E-state index in [1.54, 1.807) is 17.7 Å². The molecule has 17 heavy (non-hydrogen) atoms. The van der Waals surface area contributed by atoms with Gasteiger partial charge in [-0.15, -0.1) is 0 Å². The topological polar surface area (TPSA) is 31.2 Å². The SMILES string of the molecule is C=C(Cl)COc1ccc2c(ccc(=O)n2C)c1. The van der Waals surface area contributed by atoms with Crippen molar-refractivity contribution in [3.63, 3.8) is 0 Å². The number of nitrogens with zero attached hydrogens (tertiary/aromatic N) is 1. The van der Waals surface area contributed by atoms with Gasteiger partial charge in [-0.05, 0) is 24.3 Å². The van der Waals surface area contributed by atoms with Crippen LogP contribution in [0.2, 0.25) is 0 Å². The molecular formula is C13H12ClNO2. The van der Waals surface area contributed by atoms with Crippen molar-refractivity contribution in [2.24, 2.45) is 7.05 Å². The van der Waals surface area contributed by atoms with Gasteiger partial charge in [-0.25, -0.2) is 0 Å². The van der Waals surface area contributed by atoms with Crippen LogP contribution < -0.4 is 10.3 Å². The van der Waals surface area contributed by atoms with Crippen LogP contribution in [-0.2, 0) is 7.05 Å². The maximum atomic E-state index is 11.4. The van der Waals surface area contributed by atoms with Gasteiger partial charge in [0.05, 0.1) is 5.52 Å². The van der Waals surface area contributed by atoms with Gasteiger partial charge in [0.1, 0.15) is 12.4 Å². The van der Waals surface area contributed by atoms with Gasteiger partial charge in [0.25, 0.3) is 5.56 Å². The Bertz CT molecular complexity index is 631. The molecule has 2 aromatic rings. The highest BCUT2D eigenvalue weighted by molar-refractivity contribution is 6.29. The van der Waals surface area contributed by atoms with Crippen LogP contribution in [0.5, 0.6) is 5.75 Å². The Morgan fingerprint density at radius 3 is 2.88 bits per heavy atom. The molecule has 0 unspecified atom stereocenters. The highest BCUT2D eigenvalue weighted by Gasteiger charge is 2.01. The summed E-state index contributed by atoms with van der Waals surface area (Å²) in [6.07, 6.45) is 0. The van der Waals surface area contributed by atoms with Gasteiger partial charge in [-0.1, -0.05) is 18.2 Å². The summed E-state index contributed by atoms with van der Waals surface area (Å²) < 4.78 is 7.02. The van der Waals surface area contributed by atoms with Crippen molar-refractivity contribution in [3.8, 4) is 5.75 Å². The normalized spacial score (nSPS) is 10.5. The highest BCUT2D eigenvalue weighted by atomic mass is 35.5. The third-order valence-electron chi connectivity index (χ3n) is 2.49. The number of aryl methyl sites for hydroxylation is 1. The van der Waals surface area contributed by atoms with Gasteiger partial charge in [-0.2, -0.15) is 0 Å². The molecule has 0 saturated heterocycles. The Hall–Kier alpha value is -1.74. The molecule has 1 aromatic heterocycles. The van der Waals surface area contributed by atoms with Gasteiger partial charge in [-0.3, -0.25) is 4.79 Å². The van der Waals surface area contributed by atoms with Crippen LogP contribution >= 0.6 is 11.6 Å². The van der Waals surface area contributed by atoms with Crippen LogP contribution in [0.1, 0.15) is 0 Å². The summed E-state index contributed by atoms with van der Waals surface area (Å²) in [4.78, 5) is 11.4. The lowest BCUT2D eigenvalue weighted by atomic mass is 10.2. The van der Waals surface area contributed by atoms with Gasteiger partial charge in [0.2, 0.25) is 0 Å². The number of aromatic nitrogens is 1. The summed E-state index contributed by atoms with van der Waals surface area (Å²) in [5.74, 6) is 0.706. The van der Waals surface area contributed by atoms with E-state index in [9.17, 15) is 4.79 Å². The first-order valence-electron chi connectivity index (χ1n) is 5.14. The van der Waals surface area contributed by atoms with Crippen molar-refractivity contribution < 1.29 is 4.74 Å². The fraction of sp³-hybridized carbons (Fsp3) is 0.154. The molecule has 0 bridgehead atoms. The number of benzene rings is 1. The summed E-state index contributed by atoms with van der Waals surface area (Å²) >= 11 is 5.63. The number of rotatable bonds is 3. The number of halogens is 1. The molecule has 0 atom stereocenters. The molecule has 1 heterocycles. The molecule has 2 rings (SSSR count). The van der Waals surface area contributed by atoms with E-state index in [1.807, 2.05) is 18.2 Å². The van der Waals surface area contributed by atoms with Crippen LogP contribution in [0.4, 0.5) is 0 Å². The molecule has 1 aromatic carbocycles. The van der Waals surface area contributed by atoms with Crippen molar-refractivity contribution in [1.29, 1.82) is 0 Å². The van der Waals surface area contributed by atoms with Crippen molar-refractivity contribution in [1.82, 2.24) is 4.57 Å². The lowest BCUT2D eigenvalue weighted by molar-refractivity contribution is 0.360. The lowest BCUT2D eigenvalue weighted by Crippen LogP contribution is -2.14. The predicted molar refractivity (Wildman–Crippen MR) is 69.7 cm³/mol. The third-order valence-corrected chi connectivity index (χ3v) is 2.60. The average Bonchev–Trinajstić information content (AvgIpc) is 2.31. The smallest absolute Gasteiger partial charge is 0.250 e. The van der Waals surface area contributed by atoms with E-state index in [4.69, 9.17) is 16.3 Å². The molecule has 0 radical (unpaired) electrons. The molecule has 3 nitrogen and oxygen atoms in total. The molecule has 4 heteroatoms. The first kappa shape index (κ1) is 11.7. The standard InChI is InChI=1S/C13H12ClNO2/c1-9(14)8-17-11-4-5-12-10(7-11)3-6-13(16)15(12)2/h3-7H,1,8H2,2H3. The fourth-order valence-electron chi connectivity index (χ4n) is 1.61. The van der Waals surface area contributed by atoms with Gasteiger partial charge < -0.3 is 9.30 Å². The predicted octanol–water partition coefficient (Wildman–Crippen LogP) is 2.67. The van der Waals surface area contributed by atoms with Crippen molar-refractivity contribution >= 4 is 22.5 Å². The lowest BCUT2D eigenvalue weighted by Gasteiger charge is -2.08. The molecule has 0 aliphatic carbocycles. The van der Waals surface area contributed by atoms with E-state index >= 15 is 0 Å². The summed E-state index contributed by atoms with van der Waals surface area (Å²) in [6, 6.07) is 8.84. The van der Waals surface area contributed by atoms with Crippen LogP contribution in [0.3, 0.4) is 0 Å². The maximum Gasteiger partial charge on any atom is 0.250 e. The minimum atomic E-state index is -0.0275. The van der Waals surface area contributed by atoms with E-state index in [2.05, 4.69) is 6.58 Å². The van der Waals surface area contributed by atoms with Gasteiger partial charge in [0.15, 0.2) is 0 Å². The van der Waals surface area contributed by atoms with E-state index in [1.165, 1.54) is 6.07 Å². The summed E-state index contributed by atoms with van der Waals surface area (Å²) in [6.45, 7) is 3.83. The molecule has 88 valence electrons. The Balaban J connectivity index is 2.42. The van der Waals surface area contributed by atoms with Crippen LogP contribution in [-0.4, -0.2) is 11.2 Å². The Morgan fingerprint density at radius 2 is 2.18 bits per heavy atom. The van der Waals surface area contributed by atoms with Crippen molar-refractivity contribution in [2.75, 3.05) is 6.61 Å². The zero-order valence-corrected chi connectivity index (χ0v) is 10.2. The molecule has 0 amide bonds. The molecule has 0 saturated carbocycles. The van der Waals surface area contributed by atoms with E-state index in [0.717, 1.165) is 10.9 Å². The molecule has 0 spiro atoms. The van der Waals surface area contributed by atoms with Gasteiger partial charge in [0, 0.05) is 23.5 Å². The molecular weight excluding hydrogens is 238 g/mol. The van der Waals surface area contributed by atoms with E-state index in [0.29, 0.717) is 10.8 Å². The Labute approximate surface area is 104 Å². The zero-order chi connectivity index (χ0) is 12.4. The second-order valence-electron chi connectivity index (χ2n) is 3.76. The first-order chi connectivity index (χ1) is 8.08. The Morgan fingerprint density at radius 1 is 1.41 bits per heavy atom. The second-order valence-corrected chi connectivity index (χ2v) is 4.29. The minimum absolute atomic E-state index is 0.0275. The highest BCUT2D eigenvalue weighted by Crippen LogP contribution is 2.19. The van der Waals surface area contributed by atoms with Crippen LogP contribution in [0.15, 0.2) is 46.7 Å². The molecule has 0 aliphatic rings. The zero-order valence-electron chi connectivity index (χ0n) is 9.44. The number of hydrogen-bond acceptors (Lipinski definition) is 2. The largest absolute Gasteiger partial charge is 0.488 e. The number of fused-ring (bicyclic) bond motifs is 1. The van der Waals surface area contributed by atoms with Crippen LogP contribution in [0.25, 0.3) is 10.9 Å². The van der Waals surface area contributed by atoms with E-state index in [-0.39, 0.29) is 12.2 Å². The fourth-order valence-corrected chi connectivity index (χ4v) is 1.67. The number of ether oxygens (including phenoxy) is 1. The summed E-state index contributed by atoms with van der Waals surface area (Å²) in [5.41, 5.74) is 0.842. The number of hydrogen-bond donors (Lipinski definition) is 0. The summed E-state index contributed by atoms with van der Waals surface area (Å²) in [5, 5.41) is 1.40. The van der Waals surface area contributed by atoms with Gasteiger partial charge >= 0.3 is 0 Å². The quantitative estimate of drug-likeness (QED) is 0.838. The molecule has 0 fully saturated rings. The molecule has 0 aliphatic heterocycles. The average molecular weight is 250 g/mol. The number of pyridine rings is 1. The minimum Gasteiger partial charge on any atom is -0.488 e. The monoisotopic (exact) mass is 249 g/mol. The van der Waals surface area contributed by atoms with Crippen LogP contribution in [0, 0.1) is 0 Å². The Kier molecular flexibility index (Phi) is 3.20. The van der Waals surface area contributed by atoms with E-state index < -0.39 is 0 Å². The maximum absolute atomic E-state index is 11.4. The first-order valence-corrected chi connectivity index (χ1v) is 5.51. The van der Waals surface area contributed by atoms with Crippen molar-refractivity contribution in [3.05, 3.63) is 52.3 Å². The molecule has 0 N–H and O–H groups in total. The van der Waals surface area contributed by atoms with Crippen molar-refractivity contribution in [2.45, 2.75) is 0 Å². The third kappa shape index (κ3) is 2.50.